The molecule has 2 N–H and O–H groups in total. The van der Waals surface area contributed by atoms with Gasteiger partial charge in [0.05, 0.1) is 0 Å². The van der Waals surface area contributed by atoms with Crippen LogP contribution in [0.3, 0.4) is 0 Å². The highest BCUT2D eigenvalue weighted by Gasteiger charge is 2.16. The van der Waals surface area contributed by atoms with Gasteiger partial charge in [0, 0.05) is 47.1 Å². The van der Waals surface area contributed by atoms with Crippen molar-refractivity contribution in [2.45, 2.75) is 19.3 Å². The Labute approximate surface area is 116 Å². The van der Waals surface area contributed by atoms with Crippen molar-refractivity contribution >= 4 is 22.4 Å². The van der Waals surface area contributed by atoms with Gasteiger partial charge in [-0.05, 0) is 37.0 Å². The van der Waals surface area contributed by atoms with Crippen molar-refractivity contribution < 1.29 is 9.00 Å². The van der Waals surface area contributed by atoms with Crippen LogP contribution in [-0.4, -0.2) is 35.2 Å². The van der Waals surface area contributed by atoms with Crippen LogP contribution in [0.15, 0.2) is 18.2 Å². The molecule has 0 radical (unpaired) electrons. The molecular formula is C14H20N2O2S. The zero-order valence-corrected chi connectivity index (χ0v) is 12.0. The van der Waals surface area contributed by atoms with Gasteiger partial charge in [-0.25, -0.2) is 0 Å². The Kier molecular flexibility index (Phi) is 4.96. The van der Waals surface area contributed by atoms with Crippen LogP contribution in [0.1, 0.15) is 28.8 Å². The van der Waals surface area contributed by atoms with Crippen molar-refractivity contribution in [3.05, 3.63) is 29.3 Å². The highest BCUT2D eigenvalue weighted by molar-refractivity contribution is 7.84. The average Bonchev–Trinajstić information content (AvgIpc) is 2.42. The minimum Gasteiger partial charge on any atom is -0.385 e. The van der Waals surface area contributed by atoms with E-state index in [1.165, 1.54) is 0 Å². The molecule has 1 heterocycles. The molecule has 1 amide bonds. The van der Waals surface area contributed by atoms with Crippen LogP contribution in [0.5, 0.6) is 0 Å². The number of hydrogen-bond donors (Lipinski definition) is 2. The minimum absolute atomic E-state index is 0.0255. The van der Waals surface area contributed by atoms with Crippen LogP contribution in [0, 0.1) is 0 Å². The van der Waals surface area contributed by atoms with E-state index < -0.39 is 10.8 Å². The molecule has 0 bridgehead atoms. The quantitative estimate of drug-likeness (QED) is 0.805. The number of amides is 1. The lowest BCUT2D eigenvalue weighted by Crippen LogP contribution is -2.27. The van der Waals surface area contributed by atoms with Gasteiger partial charge >= 0.3 is 0 Å². The molecule has 0 saturated carbocycles. The van der Waals surface area contributed by atoms with Crippen molar-refractivity contribution in [1.29, 1.82) is 0 Å². The number of rotatable bonds is 5. The Bertz CT molecular complexity index is 488. The van der Waals surface area contributed by atoms with E-state index in [1.807, 2.05) is 18.2 Å². The average molecular weight is 280 g/mol. The Morgan fingerprint density at radius 1 is 1.47 bits per heavy atom. The van der Waals surface area contributed by atoms with Gasteiger partial charge in [0.1, 0.15) is 0 Å². The lowest BCUT2D eigenvalue weighted by molar-refractivity contribution is 0.0952. The number of carbonyl (C=O) groups excluding carboxylic acids is 1. The van der Waals surface area contributed by atoms with E-state index in [1.54, 1.807) is 6.26 Å². The number of fused-ring (bicyclic) bond motifs is 1. The molecule has 2 rings (SSSR count). The van der Waals surface area contributed by atoms with Gasteiger partial charge in [0.25, 0.3) is 5.91 Å². The number of anilines is 1. The standard InChI is InChI=1S/C14H20N2O2S/c1-19(18)10-4-9-16-14(17)12-5-2-7-13-11(12)6-3-8-15-13/h2,5,7,15H,3-4,6,8-10H2,1H3,(H,16,17). The summed E-state index contributed by atoms with van der Waals surface area (Å²) in [5.41, 5.74) is 2.96. The van der Waals surface area contributed by atoms with Crippen LogP contribution >= 0.6 is 0 Å². The van der Waals surface area contributed by atoms with Gasteiger partial charge < -0.3 is 10.6 Å². The molecule has 1 aromatic carbocycles. The summed E-state index contributed by atoms with van der Waals surface area (Å²) in [5, 5.41) is 6.22. The predicted molar refractivity (Wildman–Crippen MR) is 79.1 cm³/mol. The van der Waals surface area contributed by atoms with Crippen molar-refractivity contribution in [2.75, 3.05) is 30.4 Å². The van der Waals surface area contributed by atoms with E-state index in [2.05, 4.69) is 10.6 Å². The molecule has 0 spiro atoms. The minimum atomic E-state index is -0.788. The Morgan fingerprint density at radius 2 is 2.32 bits per heavy atom. The summed E-state index contributed by atoms with van der Waals surface area (Å²) < 4.78 is 10.9. The smallest absolute Gasteiger partial charge is 0.251 e. The zero-order chi connectivity index (χ0) is 13.7. The number of benzene rings is 1. The normalized spacial score (nSPS) is 15.2. The molecule has 1 aliphatic heterocycles. The summed E-state index contributed by atoms with van der Waals surface area (Å²) >= 11 is 0. The van der Waals surface area contributed by atoms with Crippen molar-refractivity contribution in [3.8, 4) is 0 Å². The van der Waals surface area contributed by atoms with E-state index in [0.717, 1.165) is 42.6 Å². The summed E-state index contributed by atoms with van der Waals surface area (Å²) in [6.07, 6.45) is 4.44. The van der Waals surface area contributed by atoms with Crippen LogP contribution in [0.25, 0.3) is 0 Å². The summed E-state index contributed by atoms with van der Waals surface area (Å²) in [5.74, 6) is 0.608. The number of hydrogen-bond acceptors (Lipinski definition) is 3. The first-order valence-electron chi connectivity index (χ1n) is 6.62. The maximum Gasteiger partial charge on any atom is 0.251 e. The van der Waals surface area contributed by atoms with Gasteiger partial charge in [-0.1, -0.05) is 6.07 Å². The second-order valence-electron chi connectivity index (χ2n) is 4.75. The molecule has 1 atom stereocenters. The molecular weight excluding hydrogens is 260 g/mol. The molecule has 0 fully saturated rings. The van der Waals surface area contributed by atoms with E-state index >= 15 is 0 Å². The zero-order valence-electron chi connectivity index (χ0n) is 11.2. The van der Waals surface area contributed by atoms with Crippen molar-refractivity contribution in [2.24, 2.45) is 0 Å². The monoisotopic (exact) mass is 280 g/mol. The first-order valence-corrected chi connectivity index (χ1v) is 8.35. The maximum atomic E-state index is 12.1. The lowest BCUT2D eigenvalue weighted by atomic mass is 9.97. The van der Waals surface area contributed by atoms with E-state index in [4.69, 9.17) is 0 Å². The first-order chi connectivity index (χ1) is 9.18. The van der Waals surface area contributed by atoms with Gasteiger partial charge in [0.15, 0.2) is 0 Å². The van der Waals surface area contributed by atoms with Crippen LogP contribution < -0.4 is 10.6 Å². The third kappa shape index (κ3) is 3.80. The van der Waals surface area contributed by atoms with Gasteiger partial charge in [-0.3, -0.25) is 9.00 Å². The third-order valence-corrected chi connectivity index (χ3v) is 4.10. The molecule has 4 nitrogen and oxygen atoms in total. The molecule has 19 heavy (non-hydrogen) atoms. The molecule has 1 aliphatic rings. The highest BCUT2D eigenvalue weighted by Crippen LogP contribution is 2.25. The molecule has 104 valence electrons. The number of carbonyl (C=O) groups is 1. The van der Waals surface area contributed by atoms with E-state index in [9.17, 15) is 9.00 Å². The van der Waals surface area contributed by atoms with Crippen LogP contribution in [0.4, 0.5) is 5.69 Å². The summed E-state index contributed by atoms with van der Waals surface area (Å²) in [6, 6.07) is 5.80. The molecule has 0 aromatic heterocycles. The topological polar surface area (TPSA) is 58.2 Å². The highest BCUT2D eigenvalue weighted by atomic mass is 32.2. The van der Waals surface area contributed by atoms with Crippen molar-refractivity contribution in [1.82, 2.24) is 5.32 Å². The fraction of sp³-hybridized carbons (Fsp3) is 0.500. The molecule has 0 aliphatic carbocycles. The van der Waals surface area contributed by atoms with Crippen LogP contribution in [0.2, 0.25) is 0 Å². The Hall–Kier alpha value is -1.36. The molecule has 1 aromatic rings. The van der Waals surface area contributed by atoms with E-state index in [0.29, 0.717) is 12.3 Å². The Balaban J connectivity index is 1.97. The summed E-state index contributed by atoms with van der Waals surface area (Å²) in [7, 11) is -0.788. The third-order valence-electron chi connectivity index (χ3n) is 3.23. The fourth-order valence-corrected chi connectivity index (χ4v) is 2.85. The first kappa shape index (κ1) is 14.1. The van der Waals surface area contributed by atoms with Crippen molar-refractivity contribution in [3.63, 3.8) is 0 Å². The predicted octanol–water partition coefficient (Wildman–Crippen LogP) is 1.54. The van der Waals surface area contributed by atoms with Gasteiger partial charge in [-0.2, -0.15) is 0 Å². The summed E-state index contributed by atoms with van der Waals surface area (Å²) in [4.78, 5) is 12.1. The second-order valence-corrected chi connectivity index (χ2v) is 6.30. The van der Waals surface area contributed by atoms with E-state index in [-0.39, 0.29) is 5.91 Å². The molecule has 0 saturated heterocycles. The SMILES string of the molecule is CS(=O)CCCNC(=O)c1cccc2c1CCCN2. The maximum absolute atomic E-state index is 12.1. The molecule has 1 unspecified atom stereocenters. The van der Waals surface area contributed by atoms with Gasteiger partial charge in [-0.15, -0.1) is 0 Å². The summed E-state index contributed by atoms with van der Waals surface area (Å²) in [6.45, 7) is 1.55. The fourth-order valence-electron chi connectivity index (χ4n) is 2.30. The second kappa shape index (κ2) is 6.70. The molecule has 5 heteroatoms. The Morgan fingerprint density at radius 3 is 3.11 bits per heavy atom. The largest absolute Gasteiger partial charge is 0.385 e. The number of nitrogens with one attached hydrogen (secondary N) is 2. The van der Waals surface area contributed by atoms with Crippen LogP contribution in [-0.2, 0) is 17.2 Å². The lowest BCUT2D eigenvalue weighted by Gasteiger charge is -2.20. The van der Waals surface area contributed by atoms with Gasteiger partial charge in [0.2, 0.25) is 0 Å².